The zero-order valence-electron chi connectivity index (χ0n) is 20.0. The maximum atomic E-state index is 13.0. The molecule has 0 amide bonds. The number of aromatic nitrogens is 3. The molecular formula is C29H28N4O2. The Bertz CT molecular complexity index is 1450. The summed E-state index contributed by atoms with van der Waals surface area (Å²) in [5.41, 5.74) is 6.05. The van der Waals surface area contributed by atoms with Crippen LogP contribution in [0.15, 0.2) is 67.1 Å². The number of carbonyl (C=O) groups excluding carboxylic acids is 2. The Balaban J connectivity index is 1.31. The lowest BCUT2D eigenvalue weighted by molar-refractivity contribution is -0.116. The highest BCUT2D eigenvalue weighted by Crippen LogP contribution is 2.31. The summed E-state index contributed by atoms with van der Waals surface area (Å²) < 4.78 is 0. The quantitative estimate of drug-likeness (QED) is 0.334. The molecule has 2 aromatic carbocycles. The number of carbonyl (C=O) groups is 2. The molecule has 6 nitrogen and oxygen atoms in total. The van der Waals surface area contributed by atoms with E-state index in [2.05, 4.69) is 26.3 Å². The molecule has 0 spiro atoms. The van der Waals surface area contributed by atoms with Gasteiger partial charge in [-0.05, 0) is 36.1 Å². The number of ketones is 2. The number of hydrogen-bond donors (Lipinski definition) is 2. The van der Waals surface area contributed by atoms with Crippen LogP contribution < -0.4 is 5.32 Å². The zero-order chi connectivity index (χ0) is 24.4. The molecule has 5 rings (SSSR count). The van der Waals surface area contributed by atoms with Crippen molar-refractivity contribution < 1.29 is 9.59 Å². The van der Waals surface area contributed by atoms with Gasteiger partial charge in [-0.15, -0.1) is 0 Å². The summed E-state index contributed by atoms with van der Waals surface area (Å²) in [6.45, 7) is 4.39. The summed E-state index contributed by atoms with van der Waals surface area (Å²) in [6.07, 6.45) is 7.30. The number of aromatic amines is 1. The lowest BCUT2D eigenvalue weighted by Crippen LogP contribution is -2.17. The van der Waals surface area contributed by atoms with Gasteiger partial charge in [-0.3, -0.25) is 9.59 Å². The number of nitrogens with one attached hydrogen (secondary N) is 2. The Kier molecular flexibility index (Phi) is 6.27. The number of benzene rings is 2. The van der Waals surface area contributed by atoms with Gasteiger partial charge in [-0.1, -0.05) is 56.3 Å². The van der Waals surface area contributed by atoms with E-state index in [-0.39, 0.29) is 17.5 Å². The molecule has 1 aliphatic rings. The Morgan fingerprint density at radius 1 is 1.06 bits per heavy atom. The second-order valence-corrected chi connectivity index (χ2v) is 9.25. The van der Waals surface area contributed by atoms with E-state index in [0.717, 1.165) is 51.9 Å². The number of H-pyrrole nitrogens is 1. The fraction of sp³-hybridized carbons (Fsp3) is 0.241. The van der Waals surface area contributed by atoms with Crippen LogP contribution in [-0.4, -0.2) is 26.5 Å². The summed E-state index contributed by atoms with van der Waals surface area (Å²) in [7, 11) is 0. The Morgan fingerprint density at radius 2 is 1.89 bits per heavy atom. The summed E-state index contributed by atoms with van der Waals surface area (Å²) in [4.78, 5) is 37.8. The number of nitrogens with zero attached hydrogens (tertiary/aromatic N) is 2. The molecule has 4 aromatic rings. The number of fused-ring (bicyclic) bond motifs is 2. The van der Waals surface area contributed by atoms with Gasteiger partial charge in [0.15, 0.2) is 11.6 Å². The molecule has 0 saturated heterocycles. The minimum Gasteiger partial charge on any atom is -0.366 e. The van der Waals surface area contributed by atoms with Gasteiger partial charge >= 0.3 is 0 Å². The van der Waals surface area contributed by atoms with Crippen LogP contribution in [-0.2, 0) is 24.2 Å². The molecule has 0 bridgehead atoms. The van der Waals surface area contributed by atoms with Gasteiger partial charge in [0.05, 0.1) is 11.2 Å². The van der Waals surface area contributed by atoms with Gasteiger partial charge in [0.2, 0.25) is 0 Å². The number of allylic oxidation sites excluding steroid dienone is 2. The number of para-hydroxylation sites is 1. The molecule has 2 heterocycles. The number of hydrogen-bond acceptors (Lipinski definition) is 5. The molecule has 2 N–H and O–H groups in total. The average molecular weight is 465 g/mol. The highest BCUT2D eigenvalue weighted by atomic mass is 16.1. The Morgan fingerprint density at radius 3 is 2.74 bits per heavy atom. The first-order chi connectivity index (χ1) is 17.0. The minimum atomic E-state index is -0.0759. The lowest BCUT2D eigenvalue weighted by Gasteiger charge is -2.20. The second-order valence-electron chi connectivity index (χ2n) is 9.25. The van der Waals surface area contributed by atoms with Crippen LogP contribution in [0.25, 0.3) is 16.5 Å². The van der Waals surface area contributed by atoms with Crippen molar-refractivity contribution in [1.29, 1.82) is 0 Å². The van der Waals surface area contributed by atoms with E-state index < -0.39 is 0 Å². The van der Waals surface area contributed by atoms with Crippen molar-refractivity contribution in [3.63, 3.8) is 0 Å². The summed E-state index contributed by atoms with van der Waals surface area (Å²) in [6, 6.07) is 15.8. The second kappa shape index (κ2) is 9.66. The topological polar surface area (TPSA) is 87.7 Å². The van der Waals surface area contributed by atoms with Crippen LogP contribution in [0.1, 0.15) is 53.0 Å². The molecule has 0 radical (unpaired) electrons. The van der Waals surface area contributed by atoms with Gasteiger partial charge in [0, 0.05) is 47.2 Å². The fourth-order valence-corrected chi connectivity index (χ4v) is 4.65. The van der Waals surface area contributed by atoms with E-state index in [1.165, 1.54) is 6.33 Å². The van der Waals surface area contributed by atoms with Crippen LogP contribution in [0, 0.1) is 5.92 Å². The Labute approximate surface area is 204 Å². The molecular weight excluding hydrogens is 436 g/mol. The molecule has 2 aromatic heterocycles. The van der Waals surface area contributed by atoms with E-state index >= 15 is 0 Å². The van der Waals surface area contributed by atoms with Gasteiger partial charge in [0.25, 0.3) is 0 Å². The minimum absolute atomic E-state index is 0.0759. The molecule has 1 aliphatic carbocycles. The molecule has 35 heavy (non-hydrogen) atoms. The first-order valence-corrected chi connectivity index (χ1v) is 12.0. The van der Waals surface area contributed by atoms with E-state index in [4.69, 9.17) is 0 Å². The van der Waals surface area contributed by atoms with Crippen LogP contribution in [0.3, 0.4) is 0 Å². The maximum absolute atomic E-state index is 13.0. The van der Waals surface area contributed by atoms with Gasteiger partial charge in [-0.25, -0.2) is 9.97 Å². The molecule has 176 valence electrons. The maximum Gasteiger partial charge on any atom is 0.169 e. The van der Waals surface area contributed by atoms with E-state index in [0.29, 0.717) is 24.1 Å². The smallest absolute Gasteiger partial charge is 0.169 e. The van der Waals surface area contributed by atoms with Crippen molar-refractivity contribution in [1.82, 2.24) is 15.0 Å². The SMILES string of the molecule is CC(C)C(=O)C1=CCCc2c(NCc3cccc(CC(=O)c4cccc5cc[nH]c45)c3)ncnc21. The van der Waals surface area contributed by atoms with Crippen molar-refractivity contribution in [2.45, 2.75) is 39.7 Å². The molecule has 6 heteroatoms. The standard InChI is InChI=1S/C29H28N4O2/c1-18(2)28(35)23-10-5-11-24-27(23)32-17-33-29(24)31-16-20-7-3-6-19(14-20)15-25(34)22-9-4-8-21-12-13-30-26(21)22/h3-4,6-10,12-14,17-18,30H,5,11,15-16H2,1-2H3,(H,31,32,33). The monoisotopic (exact) mass is 464 g/mol. The fourth-order valence-electron chi connectivity index (χ4n) is 4.65. The summed E-state index contributed by atoms with van der Waals surface area (Å²) in [5.74, 6) is 0.884. The van der Waals surface area contributed by atoms with Crippen molar-refractivity contribution >= 4 is 33.9 Å². The van der Waals surface area contributed by atoms with Crippen LogP contribution in [0.4, 0.5) is 5.82 Å². The third-order valence-corrected chi connectivity index (χ3v) is 6.44. The van der Waals surface area contributed by atoms with E-state index in [9.17, 15) is 9.59 Å². The normalized spacial score (nSPS) is 12.9. The zero-order valence-corrected chi connectivity index (χ0v) is 20.0. The van der Waals surface area contributed by atoms with Crippen LogP contribution in [0.2, 0.25) is 0 Å². The first kappa shape index (κ1) is 22.7. The third-order valence-electron chi connectivity index (χ3n) is 6.44. The first-order valence-electron chi connectivity index (χ1n) is 12.0. The molecule has 0 unspecified atom stereocenters. The van der Waals surface area contributed by atoms with E-state index in [1.54, 1.807) is 0 Å². The predicted molar refractivity (Wildman–Crippen MR) is 138 cm³/mol. The van der Waals surface area contributed by atoms with Crippen molar-refractivity contribution in [3.8, 4) is 0 Å². The lowest BCUT2D eigenvalue weighted by atomic mass is 9.89. The summed E-state index contributed by atoms with van der Waals surface area (Å²) in [5, 5.41) is 4.47. The van der Waals surface area contributed by atoms with E-state index in [1.807, 2.05) is 68.6 Å². The van der Waals surface area contributed by atoms with Crippen LogP contribution >= 0.6 is 0 Å². The highest BCUT2D eigenvalue weighted by Gasteiger charge is 2.24. The molecule has 0 saturated carbocycles. The van der Waals surface area contributed by atoms with Gasteiger partial charge in [0.1, 0.15) is 12.1 Å². The number of Topliss-reactive ketones (excluding diaryl/α,β-unsaturated/α-hetero) is 2. The number of anilines is 1. The average Bonchev–Trinajstić information content (AvgIpc) is 3.36. The van der Waals surface area contributed by atoms with Crippen LogP contribution in [0.5, 0.6) is 0 Å². The van der Waals surface area contributed by atoms with Crippen molar-refractivity contribution in [3.05, 3.63) is 95.1 Å². The molecule has 0 atom stereocenters. The largest absolute Gasteiger partial charge is 0.366 e. The van der Waals surface area contributed by atoms with Crippen molar-refractivity contribution in [2.24, 2.45) is 5.92 Å². The molecule has 0 aliphatic heterocycles. The molecule has 0 fully saturated rings. The summed E-state index contributed by atoms with van der Waals surface area (Å²) >= 11 is 0. The van der Waals surface area contributed by atoms with Crippen molar-refractivity contribution in [2.75, 3.05) is 5.32 Å². The van der Waals surface area contributed by atoms with Gasteiger partial charge < -0.3 is 10.3 Å². The third kappa shape index (κ3) is 4.64. The Hall–Kier alpha value is -4.06. The number of rotatable bonds is 8. The predicted octanol–water partition coefficient (Wildman–Crippen LogP) is 5.55. The van der Waals surface area contributed by atoms with Gasteiger partial charge in [-0.2, -0.15) is 0 Å². The highest BCUT2D eigenvalue weighted by molar-refractivity contribution is 6.21.